The fraction of sp³-hybridized carbons (Fsp3) is 0. The van der Waals surface area contributed by atoms with Crippen molar-refractivity contribution in [2.75, 3.05) is 0 Å². The summed E-state index contributed by atoms with van der Waals surface area (Å²) in [7, 11) is 0. The van der Waals surface area contributed by atoms with Crippen LogP contribution in [0.2, 0.25) is 5.02 Å². The summed E-state index contributed by atoms with van der Waals surface area (Å²) < 4.78 is 0. The summed E-state index contributed by atoms with van der Waals surface area (Å²) in [5.41, 5.74) is 0.233. The van der Waals surface area contributed by atoms with Crippen LogP contribution in [-0.4, -0.2) is 16.1 Å². The van der Waals surface area contributed by atoms with Crippen LogP contribution >= 0.6 is 23.4 Å². The van der Waals surface area contributed by atoms with Crippen molar-refractivity contribution in [1.29, 1.82) is 0 Å². The number of carbonyl (C=O) groups is 1. The molecule has 0 aliphatic rings. The third-order valence-corrected chi connectivity index (χ3v) is 3.21. The van der Waals surface area contributed by atoms with Crippen LogP contribution in [-0.2, 0) is 0 Å². The summed E-state index contributed by atoms with van der Waals surface area (Å²) in [6, 6.07) is 10.3. The number of carboxylic acid groups (broad SMARTS) is 1. The molecule has 1 heterocycles. The molecule has 2 aromatic rings. The van der Waals surface area contributed by atoms with Gasteiger partial charge in [-0.15, -0.1) is 0 Å². The number of rotatable bonds is 3. The third kappa shape index (κ3) is 3.22. The molecule has 5 heteroatoms. The number of pyridine rings is 1. The highest BCUT2D eigenvalue weighted by atomic mass is 35.5. The van der Waals surface area contributed by atoms with Crippen molar-refractivity contribution in [3.8, 4) is 0 Å². The Morgan fingerprint density at radius 2 is 1.94 bits per heavy atom. The van der Waals surface area contributed by atoms with Gasteiger partial charge in [-0.3, -0.25) is 0 Å². The zero-order chi connectivity index (χ0) is 12.3. The maximum Gasteiger partial charge on any atom is 0.335 e. The van der Waals surface area contributed by atoms with Gasteiger partial charge in [0.15, 0.2) is 0 Å². The van der Waals surface area contributed by atoms with Crippen molar-refractivity contribution < 1.29 is 9.90 Å². The van der Waals surface area contributed by atoms with E-state index >= 15 is 0 Å². The number of halogens is 1. The molecule has 1 N–H and O–H groups in total. The summed E-state index contributed by atoms with van der Waals surface area (Å²) >= 11 is 7.17. The molecule has 0 amide bonds. The van der Waals surface area contributed by atoms with Gasteiger partial charge in [0.25, 0.3) is 0 Å². The Kier molecular flexibility index (Phi) is 3.66. The number of nitrogens with zero attached hydrogens (tertiary/aromatic N) is 1. The van der Waals surface area contributed by atoms with Crippen LogP contribution in [0.25, 0.3) is 0 Å². The summed E-state index contributed by atoms with van der Waals surface area (Å²) in [4.78, 5) is 15.9. The van der Waals surface area contributed by atoms with Gasteiger partial charge in [0.2, 0.25) is 0 Å². The summed E-state index contributed by atoms with van der Waals surface area (Å²) in [5, 5.41) is 10.2. The minimum Gasteiger partial charge on any atom is -0.478 e. The average Bonchev–Trinajstić information content (AvgIpc) is 2.32. The summed E-state index contributed by atoms with van der Waals surface area (Å²) in [5.74, 6) is -0.953. The predicted octanol–water partition coefficient (Wildman–Crippen LogP) is 3.58. The minimum absolute atomic E-state index is 0.233. The second-order valence-corrected chi connectivity index (χ2v) is 4.77. The van der Waals surface area contributed by atoms with E-state index in [0.29, 0.717) is 10.0 Å². The Morgan fingerprint density at radius 1 is 1.24 bits per heavy atom. The van der Waals surface area contributed by atoms with E-state index in [1.807, 2.05) is 12.1 Å². The number of carboxylic acids is 1. The molecule has 3 nitrogen and oxygen atoms in total. The Balaban J connectivity index is 2.21. The van der Waals surface area contributed by atoms with Gasteiger partial charge in [0.05, 0.1) is 5.56 Å². The van der Waals surface area contributed by atoms with Gasteiger partial charge < -0.3 is 5.11 Å². The molecule has 17 heavy (non-hydrogen) atoms. The van der Waals surface area contributed by atoms with Gasteiger partial charge in [0, 0.05) is 16.1 Å². The standard InChI is InChI=1S/C12H8ClNO2S/c13-9-1-3-10(4-2-9)17-11-7-8(12(15)16)5-6-14-11/h1-7H,(H,15,16). The minimum atomic E-state index is -0.953. The molecule has 0 unspecified atom stereocenters. The SMILES string of the molecule is O=C(O)c1ccnc(Sc2ccc(Cl)cc2)c1. The lowest BCUT2D eigenvalue weighted by Gasteiger charge is -2.01. The molecule has 0 spiro atoms. The molecule has 0 radical (unpaired) electrons. The topological polar surface area (TPSA) is 50.2 Å². The largest absolute Gasteiger partial charge is 0.478 e. The van der Waals surface area contributed by atoms with Crippen LogP contribution in [0.5, 0.6) is 0 Å². The van der Waals surface area contributed by atoms with Crippen LogP contribution in [0.15, 0.2) is 52.5 Å². The molecule has 2 rings (SSSR count). The predicted molar refractivity (Wildman–Crippen MR) is 66.8 cm³/mol. The highest BCUT2D eigenvalue weighted by Crippen LogP contribution is 2.27. The van der Waals surface area contributed by atoms with Crippen molar-refractivity contribution in [1.82, 2.24) is 4.98 Å². The average molecular weight is 266 g/mol. The van der Waals surface area contributed by atoms with Crippen molar-refractivity contribution >= 4 is 29.3 Å². The van der Waals surface area contributed by atoms with Crippen molar-refractivity contribution in [3.05, 3.63) is 53.2 Å². The number of hydrogen-bond acceptors (Lipinski definition) is 3. The smallest absolute Gasteiger partial charge is 0.335 e. The Bertz CT molecular complexity index is 542. The lowest BCUT2D eigenvalue weighted by atomic mass is 10.3. The second-order valence-electron chi connectivity index (χ2n) is 3.24. The zero-order valence-corrected chi connectivity index (χ0v) is 10.2. The number of aromatic nitrogens is 1. The van der Waals surface area contributed by atoms with Gasteiger partial charge in [-0.1, -0.05) is 23.4 Å². The van der Waals surface area contributed by atoms with Gasteiger partial charge in [-0.05, 0) is 36.4 Å². The molecule has 0 atom stereocenters. The van der Waals surface area contributed by atoms with Crippen LogP contribution < -0.4 is 0 Å². The van der Waals surface area contributed by atoms with Crippen LogP contribution in [0.4, 0.5) is 0 Å². The molecular weight excluding hydrogens is 258 g/mol. The Hall–Kier alpha value is -1.52. The molecular formula is C12H8ClNO2S. The molecule has 0 saturated heterocycles. The molecule has 0 fully saturated rings. The fourth-order valence-corrected chi connectivity index (χ4v) is 2.16. The van der Waals surface area contributed by atoms with Crippen LogP contribution in [0.3, 0.4) is 0 Å². The summed E-state index contributed by atoms with van der Waals surface area (Å²) in [6.45, 7) is 0. The lowest BCUT2D eigenvalue weighted by molar-refractivity contribution is 0.0696. The van der Waals surface area contributed by atoms with Crippen molar-refractivity contribution in [2.45, 2.75) is 9.92 Å². The van der Waals surface area contributed by atoms with E-state index in [9.17, 15) is 4.79 Å². The van der Waals surface area contributed by atoms with E-state index < -0.39 is 5.97 Å². The second kappa shape index (κ2) is 5.21. The first-order chi connectivity index (χ1) is 8.15. The number of benzene rings is 1. The maximum atomic E-state index is 10.8. The first-order valence-electron chi connectivity index (χ1n) is 4.78. The molecule has 1 aromatic heterocycles. The van der Waals surface area contributed by atoms with Gasteiger partial charge in [-0.2, -0.15) is 0 Å². The Labute approximate surface area is 107 Å². The third-order valence-electron chi connectivity index (χ3n) is 2.02. The maximum absolute atomic E-state index is 10.8. The molecule has 86 valence electrons. The molecule has 0 saturated carbocycles. The number of aromatic carboxylic acids is 1. The number of hydrogen-bond donors (Lipinski definition) is 1. The van der Waals surface area contributed by atoms with E-state index in [1.54, 1.807) is 18.2 Å². The van der Waals surface area contributed by atoms with Crippen LogP contribution in [0.1, 0.15) is 10.4 Å². The van der Waals surface area contributed by atoms with E-state index in [4.69, 9.17) is 16.7 Å². The van der Waals surface area contributed by atoms with E-state index in [-0.39, 0.29) is 5.56 Å². The molecule has 0 aliphatic carbocycles. The van der Waals surface area contributed by atoms with Gasteiger partial charge in [-0.25, -0.2) is 9.78 Å². The van der Waals surface area contributed by atoms with Crippen molar-refractivity contribution in [3.63, 3.8) is 0 Å². The lowest BCUT2D eigenvalue weighted by Crippen LogP contribution is -1.96. The Morgan fingerprint density at radius 3 is 2.59 bits per heavy atom. The first-order valence-corrected chi connectivity index (χ1v) is 5.97. The first kappa shape index (κ1) is 12.0. The fourth-order valence-electron chi connectivity index (χ4n) is 1.22. The highest BCUT2D eigenvalue weighted by molar-refractivity contribution is 7.99. The zero-order valence-electron chi connectivity index (χ0n) is 8.63. The van der Waals surface area contributed by atoms with Gasteiger partial charge in [0.1, 0.15) is 5.03 Å². The summed E-state index contributed by atoms with van der Waals surface area (Å²) in [6.07, 6.45) is 1.49. The molecule has 0 bridgehead atoms. The quantitative estimate of drug-likeness (QED) is 0.921. The van der Waals surface area contributed by atoms with E-state index in [1.165, 1.54) is 24.0 Å². The monoisotopic (exact) mass is 265 g/mol. The van der Waals surface area contributed by atoms with Crippen LogP contribution in [0, 0.1) is 0 Å². The molecule has 1 aromatic carbocycles. The van der Waals surface area contributed by atoms with E-state index in [2.05, 4.69) is 4.98 Å². The van der Waals surface area contributed by atoms with E-state index in [0.717, 1.165) is 4.90 Å². The highest BCUT2D eigenvalue weighted by Gasteiger charge is 2.05. The normalized spacial score (nSPS) is 10.2. The van der Waals surface area contributed by atoms with Gasteiger partial charge >= 0.3 is 5.97 Å². The molecule has 0 aliphatic heterocycles. The van der Waals surface area contributed by atoms with Crippen molar-refractivity contribution in [2.24, 2.45) is 0 Å².